The van der Waals surface area contributed by atoms with Gasteiger partial charge in [0.15, 0.2) is 0 Å². The number of rotatable bonds is 4. The molecule has 3 heterocycles. The predicted octanol–water partition coefficient (Wildman–Crippen LogP) is 3.78. The van der Waals surface area contributed by atoms with Crippen molar-refractivity contribution in [3.63, 3.8) is 0 Å². The van der Waals surface area contributed by atoms with Crippen LogP contribution < -0.4 is 10.2 Å². The number of aliphatic imine (C=N–C) groups is 1. The number of dihydropyridines is 1. The van der Waals surface area contributed by atoms with Gasteiger partial charge in [-0.15, -0.1) is 0 Å². The van der Waals surface area contributed by atoms with Crippen LogP contribution in [-0.4, -0.2) is 104 Å². The monoisotopic (exact) mass is 578 g/mol. The molecule has 0 bridgehead atoms. The molecule has 0 saturated carbocycles. The summed E-state index contributed by atoms with van der Waals surface area (Å²) in [6.45, 7) is 5.63. The van der Waals surface area contributed by atoms with Crippen molar-refractivity contribution < 1.29 is 31.9 Å². The number of carbonyl (C=O) groups is 3. The molecule has 1 aromatic rings. The number of halogens is 4. The van der Waals surface area contributed by atoms with Crippen molar-refractivity contribution in [3.8, 4) is 0 Å². The van der Waals surface area contributed by atoms with Gasteiger partial charge in [0, 0.05) is 70.2 Å². The van der Waals surface area contributed by atoms with E-state index < -0.39 is 35.3 Å². The lowest BCUT2D eigenvalue weighted by Gasteiger charge is -2.44. The summed E-state index contributed by atoms with van der Waals surface area (Å²) >= 11 is 0. The van der Waals surface area contributed by atoms with E-state index in [0.717, 1.165) is 0 Å². The lowest BCUT2D eigenvalue weighted by atomic mass is 9.95. The minimum absolute atomic E-state index is 0.0857. The van der Waals surface area contributed by atoms with Gasteiger partial charge in [-0.05, 0) is 45.0 Å². The van der Waals surface area contributed by atoms with Gasteiger partial charge in [0.25, 0.3) is 5.91 Å². The largest absolute Gasteiger partial charge is 0.414 e. The van der Waals surface area contributed by atoms with Gasteiger partial charge in [-0.1, -0.05) is 6.08 Å². The van der Waals surface area contributed by atoms with Crippen molar-refractivity contribution >= 4 is 41.0 Å². The third kappa shape index (κ3) is 6.45. The zero-order valence-electron chi connectivity index (χ0n) is 23.6. The van der Waals surface area contributed by atoms with Gasteiger partial charge in [-0.25, -0.2) is 14.2 Å². The zero-order chi connectivity index (χ0) is 30.2. The fraction of sp³-hybridized carbons (Fsp3) is 0.500. The van der Waals surface area contributed by atoms with Gasteiger partial charge in [-0.3, -0.25) is 14.5 Å². The molecule has 3 aliphatic rings. The molecule has 4 rings (SSSR count). The van der Waals surface area contributed by atoms with Crippen molar-refractivity contribution in [3.05, 3.63) is 41.2 Å². The molecule has 0 spiro atoms. The third-order valence-corrected chi connectivity index (χ3v) is 7.83. The van der Waals surface area contributed by atoms with Crippen molar-refractivity contribution in [2.24, 2.45) is 10.9 Å². The zero-order valence-corrected chi connectivity index (χ0v) is 23.6. The van der Waals surface area contributed by atoms with E-state index in [9.17, 15) is 27.6 Å². The van der Waals surface area contributed by atoms with E-state index in [1.165, 1.54) is 17.0 Å². The molecular weight excluding hydrogens is 544 g/mol. The van der Waals surface area contributed by atoms with Crippen LogP contribution in [0.4, 0.5) is 33.7 Å². The Morgan fingerprint density at radius 1 is 1.12 bits per heavy atom. The molecule has 3 atom stereocenters. The molecule has 0 radical (unpaired) electrons. The highest BCUT2D eigenvalue weighted by molar-refractivity contribution is 6.11. The third-order valence-electron chi connectivity index (χ3n) is 7.83. The summed E-state index contributed by atoms with van der Waals surface area (Å²) in [6, 6.07) is 2.73. The van der Waals surface area contributed by atoms with Crippen LogP contribution in [0.25, 0.3) is 5.57 Å². The van der Waals surface area contributed by atoms with E-state index in [4.69, 9.17) is 0 Å². The maximum absolute atomic E-state index is 15.7. The number of alkyl halides is 3. The summed E-state index contributed by atoms with van der Waals surface area (Å²) in [4.78, 5) is 47.7. The number of anilines is 2. The Labute approximate surface area is 236 Å². The van der Waals surface area contributed by atoms with Crippen molar-refractivity contribution in [1.82, 2.24) is 14.7 Å². The van der Waals surface area contributed by atoms with Crippen LogP contribution in [0, 0.1) is 11.7 Å². The average Bonchev–Trinajstić information content (AvgIpc) is 2.91. The number of piperazine rings is 1. The summed E-state index contributed by atoms with van der Waals surface area (Å²) in [5.74, 6) is -4.53. The molecule has 1 aromatic carbocycles. The molecule has 0 aliphatic carbocycles. The van der Waals surface area contributed by atoms with Crippen LogP contribution in [0.3, 0.4) is 0 Å². The van der Waals surface area contributed by atoms with E-state index >= 15 is 4.39 Å². The summed E-state index contributed by atoms with van der Waals surface area (Å²) in [5.41, 5.74) is -0.0201. The molecular formula is C28H34F4N6O3. The fourth-order valence-electron chi connectivity index (χ4n) is 5.31. The van der Waals surface area contributed by atoms with Crippen LogP contribution in [-0.2, 0) is 9.59 Å². The van der Waals surface area contributed by atoms with E-state index in [1.54, 1.807) is 25.1 Å². The maximum atomic E-state index is 15.7. The summed E-state index contributed by atoms with van der Waals surface area (Å²) in [7, 11) is 5.26. The number of amides is 4. The van der Waals surface area contributed by atoms with Crippen molar-refractivity contribution in [2.45, 2.75) is 38.5 Å². The van der Waals surface area contributed by atoms with Gasteiger partial charge in [0.2, 0.25) is 5.91 Å². The van der Waals surface area contributed by atoms with Crippen molar-refractivity contribution in [1.29, 1.82) is 0 Å². The summed E-state index contributed by atoms with van der Waals surface area (Å²) in [5, 5.41) is 2.58. The Kier molecular flexibility index (Phi) is 8.57. The number of nitrogens with one attached hydrogen (secondary N) is 1. The smallest absolute Gasteiger partial charge is 0.367 e. The Morgan fingerprint density at radius 2 is 1.78 bits per heavy atom. The molecule has 41 heavy (non-hydrogen) atoms. The van der Waals surface area contributed by atoms with E-state index in [0.29, 0.717) is 49.6 Å². The highest BCUT2D eigenvalue weighted by Crippen LogP contribution is 2.38. The van der Waals surface area contributed by atoms with Crippen LogP contribution in [0.2, 0.25) is 0 Å². The second-order valence-electron chi connectivity index (χ2n) is 10.9. The van der Waals surface area contributed by atoms with E-state index in [1.807, 2.05) is 25.8 Å². The van der Waals surface area contributed by atoms with Gasteiger partial charge in [0.1, 0.15) is 11.7 Å². The highest BCUT2D eigenvalue weighted by Gasteiger charge is 2.43. The Hall–Kier alpha value is -3.74. The predicted molar refractivity (Wildman–Crippen MR) is 148 cm³/mol. The molecule has 1 unspecified atom stereocenters. The lowest BCUT2D eigenvalue weighted by molar-refractivity contribution is -0.124. The van der Waals surface area contributed by atoms with Gasteiger partial charge >= 0.3 is 12.2 Å². The minimum Gasteiger partial charge on any atom is -0.367 e. The van der Waals surface area contributed by atoms with Crippen LogP contribution >= 0.6 is 0 Å². The Morgan fingerprint density at radius 3 is 2.34 bits per heavy atom. The van der Waals surface area contributed by atoms with E-state index in [2.05, 4.69) is 15.2 Å². The number of carbonyl (C=O) groups excluding carboxylic acids is 3. The SMILES string of the molecule is C[C@@H]1CN(c2cc(F)c(C3=CCN(C(=O)N(C)C)CC3)cc2NC(=O)C2C=NC(=O)C=C2C(F)(F)F)C[C@H](C)N1C. The topological polar surface area (TPSA) is 88.6 Å². The summed E-state index contributed by atoms with van der Waals surface area (Å²) < 4.78 is 56.8. The Balaban J connectivity index is 1.72. The van der Waals surface area contributed by atoms with Gasteiger partial charge < -0.3 is 20.0 Å². The standard InChI is InChI=1S/C28H34F4N6O3/c1-16-14-38(15-17(2)36(16)5)24-12-22(29)19(18-6-8-37(9-7-18)27(41)35(3)4)10-23(24)34-26(40)20-13-33-25(39)11-21(20)28(30,31)32/h6,10-13,16-17,20H,7-9,14-15H2,1-5H3,(H,34,40)/t16-,17+,20?. The maximum Gasteiger partial charge on any atom is 0.414 e. The first-order valence-corrected chi connectivity index (χ1v) is 13.3. The average molecular weight is 579 g/mol. The Bertz CT molecular complexity index is 1310. The minimum atomic E-state index is -4.92. The first-order chi connectivity index (χ1) is 19.2. The quantitative estimate of drug-likeness (QED) is 0.550. The van der Waals surface area contributed by atoms with Crippen LogP contribution in [0.5, 0.6) is 0 Å². The molecule has 222 valence electrons. The van der Waals surface area contributed by atoms with Gasteiger partial charge in [0.05, 0.1) is 16.9 Å². The number of hydrogen-bond acceptors (Lipinski definition) is 5. The fourth-order valence-corrected chi connectivity index (χ4v) is 5.31. The number of likely N-dealkylation sites (N-methyl/N-ethyl adjacent to an activating group) is 1. The summed E-state index contributed by atoms with van der Waals surface area (Å²) in [6.07, 6.45) is -1.84. The number of nitrogens with zero attached hydrogens (tertiary/aromatic N) is 5. The number of benzene rings is 1. The van der Waals surface area contributed by atoms with Gasteiger partial charge in [-0.2, -0.15) is 13.2 Å². The second kappa shape index (κ2) is 11.6. The second-order valence-corrected chi connectivity index (χ2v) is 10.9. The molecule has 3 aliphatic heterocycles. The highest BCUT2D eigenvalue weighted by atomic mass is 19.4. The molecule has 4 amide bonds. The normalized spacial score (nSPS) is 23.7. The van der Waals surface area contributed by atoms with Crippen LogP contribution in [0.15, 0.2) is 34.9 Å². The molecule has 0 aromatic heterocycles. The molecule has 1 saturated heterocycles. The first-order valence-electron chi connectivity index (χ1n) is 13.3. The number of hydrogen-bond donors (Lipinski definition) is 1. The van der Waals surface area contributed by atoms with E-state index in [-0.39, 0.29) is 35.9 Å². The molecule has 9 nitrogen and oxygen atoms in total. The van der Waals surface area contributed by atoms with Crippen LogP contribution in [0.1, 0.15) is 25.8 Å². The van der Waals surface area contributed by atoms with Crippen molar-refractivity contribution in [2.75, 3.05) is 57.5 Å². The lowest BCUT2D eigenvalue weighted by Crippen LogP contribution is -2.55. The number of urea groups is 1. The first kappa shape index (κ1) is 30.2. The molecule has 13 heteroatoms. The molecule has 1 fully saturated rings. The molecule has 1 N–H and O–H groups in total.